The molecule has 0 fully saturated rings. The lowest BCUT2D eigenvalue weighted by atomic mass is 9.88. The van der Waals surface area contributed by atoms with Crippen LogP contribution in [-0.2, 0) is 6.42 Å². The maximum Gasteiger partial charge on any atom is 0.319 e. The van der Waals surface area contributed by atoms with Gasteiger partial charge in [0.15, 0.2) is 0 Å². The van der Waals surface area contributed by atoms with Gasteiger partial charge in [-0.25, -0.2) is 4.79 Å². The van der Waals surface area contributed by atoms with Crippen LogP contribution < -0.4 is 10.6 Å². The molecule has 3 aromatic rings. The Morgan fingerprint density at radius 2 is 1.65 bits per heavy atom. The molecular formula is C23H20N2O. The fraction of sp³-hybridized carbons (Fsp3) is 0.174. The third-order valence-corrected chi connectivity index (χ3v) is 5.50. The molecule has 0 aromatic heterocycles. The second-order valence-corrected chi connectivity index (χ2v) is 7.01. The first-order valence-corrected chi connectivity index (χ1v) is 9.18. The predicted molar refractivity (Wildman–Crippen MR) is 105 cm³/mol. The monoisotopic (exact) mass is 340 g/mol. The van der Waals surface area contributed by atoms with E-state index in [1.54, 1.807) is 0 Å². The number of fused-ring (bicyclic) bond motifs is 3. The third-order valence-electron chi connectivity index (χ3n) is 5.50. The molecule has 2 amide bonds. The van der Waals surface area contributed by atoms with Gasteiger partial charge in [0.2, 0.25) is 0 Å². The van der Waals surface area contributed by atoms with E-state index in [0.717, 1.165) is 25.0 Å². The van der Waals surface area contributed by atoms with Crippen LogP contribution in [0.15, 0.2) is 72.3 Å². The van der Waals surface area contributed by atoms with Gasteiger partial charge in [0.25, 0.3) is 0 Å². The van der Waals surface area contributed by atoms with Gasteiger partial charge in [0.05, 0.1) is 11.7 Å². The highest BCUT2D eigenvalue weighted by Gasteiger charge is 2.31. The van der Waals surface area contributed by atoms with Crippen molar-refractivity contribution in [2.45, 2.75) is 25.3 Å². The molecule has 1 aliphatic heterocycles. The number of hydrogen-bond acceptors (Lipinski definition) is 1. The van der Waals surface area contributed by atoms with Gasteiger partial charge in [-0.3, -0.25) is 0 Å². The molecule has 1 aliphatic carbocycles. The lowest BCUT2D eigenvalue weighted by molar-refractivity contribution is 0.240. The molecule has 2 N–H and O–H groups in total. The summed E-state index contributed by atoms with van der Waals surface area (Å²) in [7, 11) is 0. The number of aryl methyl sites for hydroxylation is 1. The number of carbonyl (C=O) groups is 1. The van der Waals surface area contributed by atoms with Crippen LogP contribution >= 0.6 is 0 Å². The van der Waals surface area contributed by atoms with E-state index in [2.05, 4.69) is 77.4 Å². The molecule has 3 heteroatoms. The van der Waals surface area contributed by atoms with E-state index in [-0.39, 0.29) is 12.1 Å². The minimum atomic E-state index is -0.126. The Morgan fingerprint density at radius 1 is 0.846 bits per heavy atom. The first-order chi connectivity index (χ1) is 12.8. The SMILES string of the molecule is O=C1NC2=C(CCCc3ccccc32)C(c2cccc3ccccc23)N1. The lowest BCUT2D eigenvalue weighted by Gasteiger charge is -2.31. The highest BCUT2D eigenvalue weighted by molar-refractivity contribution is 5.93. The van der Waals surface area contributed by atoms with E-state index in [0.29, 0.717) is 0 Å². The Balaban J connectivity index is 1.73. The molecule has 26 heavy (non-hydrogen) atoms. The molecule has 1 heterocycles. The zero-order chi connectivity index (χ0) is 17.5. The van der Waals surface area contributed by atoms with Crippen molar-refractivity contribution in [2.24, 2.45) is 0 Å². The van der Waals surface area contributed by atoms with Crippen LogP contribution in [0.3, 0.4) is 0 Å². The molecule has 128 valence electrons. The average molecular weight is 340 g/mol. The number of rotatable bonds is 1. The van der Waals surface area contributed by atoms with Crippen molar-refractivity contribution in [1.29, 1.82) is 0 Å². The Labute approximate surface area is 152 Å². The summed E-state index contributed by atoms with van der Waals surface area (Å²) >= 11 is 0. The quantitative estimate of drug-likeness (QED) is 0.647. The largest absolute Gasteiger partial charge is 0.327 e. The van der Waals surface area contributed by atoms with Crippen molar-refractivity contribution >= 4 is 22.5 Å². The second-order valence-electron chi connectivity index (χ2n) is 7.01. The number of urea groups is 1. The van der Waals surface area contributed by atoms with Crippen molar-refractivity contribution in [3.05, 3.63) is 89.0 Å². The van der Waals surface area contributed by atoms with Crippen LogP contribution in [0.25, 0.3) is 16.5 Å². The highest BCUT2D eigenvalue weighted by Crippen LogP contribution is 2.39. The third kappa shape index (κ3) is 2.39. The van der Waals surface area contributed by atoms with Gasteiger partial charge in [0.1, 0.15) is 0 Å². The molecule has 0 saturated carbocycles. The summed E-state index contributed by atoms with van der Waals surface area (Å²) in [5, 5.41) is 8.67. The number of amides is 2. The van der Waals surface area contributed by atoms with Crippen molar-refractivity contribution in [3.63, 3.8) is 0 Å². The van der Waals surface area contributed by atoms with E-state index in [4.69, 9.17) is 0 Å². The van der Waals surface area contributed by atoms with E-state index in [1.165, 1.54) is 33.0 Å². The number of hydrogen-bond donors (Lipinski definition) is 2. The van der Waals surface area contributed by atoms with Gasteiger partial charge in [-0.05, 0) is 46.7 Å². The van der Waals surface area contributed by atoms with Crippen molar-refractivity contribution < 1.29 is 4.79 Å². The van der Waals surface area contributed by atoms with E-state index < -0.39 is 0 Å². The molecule has 0 spiro atoms. The zero-order valence-electron chi connectivity index (χ0n) is 14.5. The van der Waals surface area contributed by atoms with E-state index in [9.17, 15) is 4.79 Å². The Hall–Kier alpha value is -3.07. The normalized spacial score (nSPS) is 19.2. The van der Waals surface area contributed by atoms with Crippen molar-refractivity contribution in [1.82, 2.24) is 10.6 Å². The summed E-state index contributed by atoms with van der Waals surface area (Å²) in [4.78, 5) is 12.5. The maximum atomic E-state index is 12.5. The van der Waals surface area contributed by atoms with Gasteiger partial charge in [-0.2, -0.15) is 0 Å². The molecule has 3 aromatic carbocycles. The molecule has 1 unspecified atom stereocenters. The van der Waals surface area contributed by atoms with Crippen LogP contribution in [0.5, 0.6) is 0 Å². The van der Waals surface area contributed by atoms with Crippen LogP contribution in [0.2, 0.25) is 0 Å². The fourth-order valence-corrected chi connectivity index (χ4v) is 4.32. The fourth-order valence-electron chi connectivity index (χ4n) is 4.32. The molecule has 1 atom stereocenters. The van der Waals surface area contributed by atoms with Crippen LogP contribution in [0, 0.1) is 0 Å². The molecule has 0 bridgehead atoms. The van der Waals surface area contributed by atoms with Crippen LogP contribution in [0.1, 0.15) is 35.6 Å². The Morgan fingerprint density at radius 3 is 2.62 bits per heavy atom. The average Bonchev–Trinajstić information content (AvgIpc) is 2.86. The van der Waals surface area contributed by atoms with E-state index >= 15 is 0 Å². The topological polar surface area (TPSA) is 41.1 Å². The number of benzene rings is 3. The van der Waals surface area contributed by atoms with Gasteiger partial charge < -0.3 is 10.6 Å². The summed E-state index contributed by atoms with van der Waals surface area (Å²) in [5.74, 6) is 0. The summed E-state index contributed by atoms with van der Waals surface area (Å²) in [5.41, 5.74) is 5.94. The molecular weight excluding hydrogens is 320 g/mol. The summed E-state index contributed by atoms with van der Waals surface area (Å²) in [6.07, 6.45) is 3.11. The minimum Gasteiger partial charge on any atom is -0.327 e. The molecule has 5 rings (SSSR count). The van der Waals surface area contributed by atoms with Crippen molar-refractivity contribution in [2.75, 3.05) is 0 Å². The summed E-state index contributed by atoms with van der Waals surface area (Å²) < 4.78 is 0. The van der Waals surface area contributed by atoms with Gasteiger partial charge >= 0.3 is 6.03 Å². The zero-order valence-corrected chi connectivity index (χ0v) is 14.5. The van der Waals surface area contributed by atoms with Crippen LogP contribution in [-0.4, -0.2) is 6.03 Å². The minimum absolute atomic E-state index is 0.0870. The molecule has 2 aliphatic rings. The van der Waals surface area contributed by atoms with Crippen molar-refractivity contribution in [3.8, 4) is 0 Å². The van der Waals surface area contributed by atoms with Gasteiger partial charge in [0, 0.05) is 5.56 Å². The second kappa shape index (κ2) is 6.03. The van der Waals surface area contributed by atoms with E-state index in [1.807, 2.05) is 0 Å². The Kier molecular flexibility index (Phi) is 3.52. The van der Waals surface area contributed by atoms with Gasteiger partial charge in [-0.15, -0.1) is 0 Å². The first-order valence-electron chi connectivity index (χ1n) is 9.18. The number of carbonyl (C=O) groups excluding carboxylic acids is 1. The highest BCUT2D eigenvalue weighted by atomic mass is 16.2. The summed E-state index contributed by atoms with van der Waals surface area (Å²) in [6, 6.07) is 22.9. The first kappa shape index (κ1) is 15.2. The van der Waals surface area contributed by atoms with Gasteiger partial charge in [-0.1, -0.05) is 66.7 Å². The smallest absolute Gasteiger partial charge is 0.319 e. The number of nitrogens with one attached hydrogen (secondary N) is 2. The standard InChI is InChI=1S/C23H20N2O/c26-23-24-21-18-12-4-2-8-16(18)10-6-14-20(21)22(25-23)19-13-5-9-15-7-1-3-11-17(15)19/h1-5,7-9,11-13,22H,6,10,14H2,(H2,24,25,26). The lowest BCUT2D eigenvalue weighted by Crippen LogP contribution is -2.43. The molecule has 0 radical (unpaired) electrons. The molecule has 0 saturated heterocycles. The molecule has 3 nitrogen and oxygen atoms in total. The Bertz CT molecular complexity index is 1050. The van der Waals surface area contributed by atoms with Crippen LogP contribution in [0.4, 0.5) is 4.79 Å². The summed E-state index contributed by atoms with van der Waals surface area (Å²) in [6.45, 7) is 0. The predicted octanol–water partition coefficient (Wildman–Crippen LogP) is 4.94. The maximum absolute atomic E-state index is 12.5.